The van der Waals surface area contributed by atoms with Crippen LogP contribution in [0.1, 0.15) is 5.82 Å². The summed E-state index contributed by atoms with van der Waals surface area (Å²) in [5, 5.41) is 14.6. The van der Waals surface area contributed by atoms with Gasteiger partial charge in [-0.15, -0.1) is 0 Å². The summed E-state index contributed by atoms with van der Waals surface area (Å²) in [4.78, 5) is 33.4. The van der Waals surface area contributed by atoms with Gasteiger partial charge in [-0.2, -0.15) is 0 Å². The molecule has 8 nitrogen and oxygen atoms in total. The molecule has 0 bridgehead atoms. The van der Waals surface area contributed by atoms with Gasteiger partial charge in [0.05, 0.1) is 0 Å². The fourth-order valence-electron chi connectivity index (χ4n) is 0.944. The van der Waals surface area contributed by atoms with Crippen LogP contribution < -0.4 is 5.32 Å². The van der Waals surface area contributed by atoms with E-state index >= 15 is 0 Å². The molecule has 8 heteroatoms. The maximum Gasteiger partial charge on any atom is 0.361 e. The Morgan fingerprint density at radius 3 is 3.06 bits per heavy atom. The molecule has 18 heavy (non-hydrogen) atoms. The first-order valence-corrected chi connectivity index (χ1v) is 4.76. The first kappa shape index (κ1) is 13.3. The monoisotopic (exact) mass is 250 g/mol. The molecule has 0 aromatic carbocycles. The van der Waals surface area contributed by atoms with Gasteiger partial charge in [0.1, 0.15) is 12.4 Å². The molecule has 0 saturated carbocycles. The molecule has 1 aromatic rings. The van der Waals surface area contributed by atoms with Crippen molar-refractivity contribution in [2.24, 2.45) is 5.16 Å². The Morgan fingerprint density at radius 2 is 2.44 bits per heavy atom. The molecule has 0 aliphatic rings. The molecule has 0 atom stereocenters. The number of nitrogens with zero attached hydrogens (tertiary/aromatic N) is 3. The molecule has 1 rings (SSSR count). The molecular weight excluding hydrogens is 240 g/mol. The zero-order valence-electron chi connectivity index (χ0n) is 9.24. The third kappa shape index (κ3) is 3.67. The normalized spacial score (nSPS) is 10.6. The van der Waals surface area contributed by atoms with Crippen LogP contribution in [0.3, 0.4) is 0 Å². The van der Waals surface area contributed by atoms with E-state index in [4.69, 9.17) is 5.11 Å². The van der Waals surface area contributed by atoms with E-state index in [9.17, 15) is 9.59 Å². The zero-order chi connectivity index (χ0) is 13.4. The standard InChI is InChI=1S/C10H10N4O4/c1-2-5-18-14-8(10(16)17)9-11-4-3-7(13-9)12-6-15/h2-4,6H,1,5H2,(H,16,17)(H,11,12,13,15). The van der Waals surface area contributed by atoms with Crippen LogP contribution in [0.4, 0.5) is 5.82 Å². The Bertz CT molecular complexity index is 487. The topological polar surface area (TPSA) is 114 Å². The van der Waals surface area contributed by atoms with Crippen LogP contribution in [0.15, 0.2) is 30.1 Å². The number of carbonyl (C=O) groups excluding carboxylic acids is 1. The molecule has 0 aliphatic heterocycles. The van der Waals surface area contributed by atoms with Crippen molar-refractivity contribution in [1.82, 2.24) is 9.97 Å². The number of aromatic nitrogens is 2. The summed E-state index contributed by atoms with van der Waals surface area (Å²) in [5.74, 6) is -1.35. The minimum Gasteiger partial charge on any atom is -0.476 e. The Labute approximate surface area is 102 Å². The Morgan fingerprint density at radius 1 is 1.67 bits per heavy atom. The maximum atomic E-state index is 11.0. The van der Waals surface area contributed by atoms with E-state index in [2.05, 4.69) is 31.9 Å². The van der Waals surface area contributed by atoms with E-state index in [-0.39, 0.29) is 18.2 Å². The highest BCUT2D eigenvalue weighted by molar-refractivity contribution is 6.41. The average Bonchev–Trinajstić information content (AvgIpc) is 2.35. The lowest BCUT2D eigenvalue weighted by Crippen LogP contribution is -2.19. The van der Waals surface area contributed by atoms with Crippen LogP contribution in [0.5, 0.6) is 0 Å². The van der Waals surface area contributed by atoms with E-state index in [1.807, 2.05) is 0 Å². The SMILES string of the molecule is C=CCON=C(C(=O)O)c1nccc(NC=O)n1. The van der Waals surface area contributed by atoms with Crippen LogP contribution in [0.25, 0.3) is 0 Å². The quantitative estimate of drug-likeness (QED) is 0.232. The number of nitrogens with one attached hydrogen (secondary N) is 1. The van der Waals surface area contributed by atoms with Gasteiger partial charge < -0.3 is 15.3 Å². The van der Waals surface area contributed by atoms with Gasteiger partial charge in [-0.05, 0) is 6.07 Å². The van der Waals surface area contributed by atoms with E-state index in [1.54, 1.807) is 0 Å². The number of carbonyl (C=O) groups is 2. The summed E-state index contributed by atoms with van der Waals surface area (Å²) >= 11 is 0. The van der Waals surface area contributed by atoms with E-state index in [0.717, 1.165) is 0 Å². The number of amides is 1. The van der Waals surface area contributed by atoms with Crippen molar-refractivity contribution in [2.45, 2.75) is 0 Å². The Hall–Kier alpha value is -2.77. The molecule has 1 aromatic heterocycles. The minimum absolute atomic E-state index is 0.0586. The van der Waals surface area contributed by atoms with Gasteiger partial charge in [0.2, 0.25) is 12.1 Å². The predicted octanol–water partition coefficient (Wildman–Crippen LogP) is 0.0362. The van der Waals surface area contributed by atoms with Gasteiger partial charge in [0, 0.05) is 6.20 Å². The summed E-state index contributed by atoms with van der Waals surface area (Å²) in [6.45, 7) is 3.45. The summed E-state index contributed by atoms with van der Waals surface area (Å²) in [7, 11) is 0. The van der Waals surface area contributed by atoms with Gasteiger partial charge in [-0.3, -0.25) is 4.79 Å². The lowest BCUT2D eigenvalue weighted by Gasteiger charge is -2.02. The van der Waals surface area contributed by atoms with Gasteiger partial charge in [-0.1, -0.05) is 17.8 Å². The number of anilines is 1. The number of carboxylic acid groups (broad SMARTS) is 1. The number of aliphatic carboxylic acids is 1. The second kappa shape index (κ2) is 6.74. The van der Waals surface area contributed by atoms with E-state index in [1.165, 1.54) is 18.3 Å². The smallest absolute Gasteiger partial charge is 0.361 e. The van der Waals surface area contributed by atoms with Crippen molar-refractivity contribution in [3.8, 4) is 0 Å². The Balaban J connectivity index is 3.01. The molecular formula is C10H10N4O4. The molecule has 0 spiro atoms. The van der Waals surface area contributed by atoms with Crippen LogP contribution in [-0.4, -0.2) is 39.8 Å². The second-order valence-electron chi connectivity index (χ2n) is 2.86. The van der Waals surface area contributed by atoms with Crippen LogP contribution in [0.2, 0.25) is 0 Å². The van der Waals surface area contributed by atoms with E-state index in [0.29, 0.717) is 6.41 Å². The summed E-state index contributed by atoms with van der Waals surface area (Å²) < 4.78 is 0. The predicted molar refractivity (Wildman–Crippen MR) is 62.0 cm³/mol. The maximum absolute atomic E-state index is 11.0. The number of oxime groups is 1. The second-order valence-corrected chi connectivity index (χ2v) is 2.86. The fraction of sp³-hybridized carbons (Fsp3) is 0.100. The molecule has 0 aliphatic carbocycles. The molecule has 0 saturated heterocycles. The number of hydrogen-bond acceptors (Lipinski definition) is 6. The summed E-state index contributed by atoms with van der Waals surface area (Å²) in [5.41, 5.74) is -0.466. The van der Waals surface area contributed by atoms with Crippen molar-refractivity contribution in [3.05, 3.63) is 30.7 Å². The number of hydrogen-bond donors (Lipinski definition) is 2. The fourth-order valence-corrected chi connectivity index (χ4v) is 0.944. The Kier molecular flexibility index (Phi) is 4.98. The van der Waals surface area contributed by atoms with Crippen molar-refractivity contribution in [2.75, 3.05) is 11.9 Å². The highest BCUT2D eigenvalue weighted by Crippen LogP contribution is 2.02. The molecule has 0 unspecified atom stereocenters. The van der Waals surface area contributed by atoms with Crippen molar-refractivity contribution >= 4 is 23.9 Å². The molecule has 0 radical (unpaired) electrons. The third-order valence-electron chi connectivity index (χ3n) is 1.62. The van der Waals surface area contributed by atoms with Gasteiger partial charge in [0.15, 0.2) is 5.82 Å². The molecule has 0 fully saturated rings. The van der Waals surface area contributed by atoms with Crippen LogP contribution in [-0.2, 0) is 14.4 Å². The van der Waals surface area contributed by atoms with Crippen LogP contribution >= 0.6 is 0 Å². The minimum atomic E-state index is -1.35. The molecule has 2 N–H and O–H groups in total. The van der Waals surface area contributed by atoms with Gasteiger partial charge >= 0.3 is 5.97 Å². The van der Waals surface area contributed by atoms with Crippen molar-refractivity contribution in [3.63, 3.8) is 0 Å². The summed E-state index contributed by atoms with van der Waals surface area (Å²) in [6.07, 6.45) is 3.12. The van der Waals surface area contributed by atoms with Crippen molar-refractivity contribution in [1.29, 1.82) is 0 Å². The number of carboxylic acids is 1. The lowest BCUT2D eigenvalue weighted by atomic mass is 10.3. The first-order chi connectivity index (χ1) is 8.69. The lowest BCUT2D eigenvalue weighted by molar-refractivity contribution is -0.129. The zero-order valence-corrected chi connectivity index (χ0v) is 9.24. The van der Waals surface area contributed by atoms with Gasteiger partial charge in [0.25, 0.3) is 0 Å². The van der Waals surface area contributed by atoms with Crippen molar-refractivity contribution < 1.29 is 19.5 Å². The van der Waals surface area contributed by atoms with Gasteiger partial charge in [-0.25, -0.2) is 14.8 Å². The number of rotatable bonds is 7. The molecule has 94 valence electrons. The molecule has 1 amide bonds. The highest BCUT2D eigenvalue weighted by atomic mass is 16.6. The third-order valence-corrected chi connectivity index (χ3v) is 1.62. The van der Waals surface area contributed by atoms with Crippen LogP contribution in [0, 0.1) is 0 Å². The first-order valence-electron chi connectivity index (χ1n) is 4.76. The average molecular weight is 250 g/mol. The summed E-state index contributed by atoms with van der Waals surface area (Å²) in [6, 6.07) is 1.40. The highest BCUT2D eigenvalue weighted by Gasteiger charge is 2.17. The van der Waals surface area contributed by atoms with E-state index < -0.39 is 11.7 Å². The largest absolute Gasteiger partial charge is 0.476 e. The molecule has 1 heterocycles.